The zero-order chi connectivity index (χ0) is 18.2. The summed E-state index contributed by atoms with van der Waals surface area (Å²) in [5.41, 5.74) is 1.40. The lowest BCUT2D eigenvalue weighted by atomic mass is 9.97. The number of carbonyl (C=O) groups is 2. The van der Waals surface area contributed by atoms with Crippen molar-refractivity contribution in [2.24, 2.45) is 0 Å². The number of allylic oxidation sites excluding steroid dienone is 1. The summed E-state index contributed by atoms with van der Waals surface area (Å²) in [4.78, 5) is 27.4. The first-order chi connectivity index (χ1) is 12.7. The van der Waals surface area contributed by atoms with Crippen molar-refractivity contribution in [3.63, 3.8) is 0 Å². The first kappa shape index (κ1) is 18.9. The number of hydrogen-bond acceptors (Lipinski definition) is 4. The van der Waals surface area contributed by atoms with Crippen molar-refractivity contribution < 1.29 is 9.59 Å². The van der Waals surface area contributed by atoms with Gasteiger partial charge in [0.2, 0.25) is 0 Å². The van der Waals surface area contributed by atoms with Gasteiger partial charge in [-0.1, -0.05) is 17.7 Å². The van der Waals surface area contributed by atoms with E-state index in [9.17, 15) is 9.59 Å². The Kier molecular flexibility index (Phi) is 7.03. The standard InChI is InChI=1S/C20H24N2O2S2/c23-19(21-12-10-15-5-2-1-3-6-15)20(24)22-13-11-16-8-9-18(26-16)17-7-4-14-25-17/h4-5,7-9,14H,1-3,6,10-13H2,(H,21,23)(H,22,24). The summed E-state index contributed by atoms with van der Waals surface area (Å²) < 4.78 is 0. The second-order valence-electron chi connectivity index (χ2n) is 6.36. The van der Waals surface area contributed by atoms with Gasteiger partial charge in [0.1, 0.15) is 0 Å². The lowest BCUT2D eigenvalue weighted by Gasteiger charge is -2.12. The van der Waals surface area contributed by atoms with Crippen LogP contribution >= 0.6 is 22.7 Å². The molecule has 1 aliphatic carbocycles. The summed E-state index contributed by atoms with van der Waals surface area (Å²) in [6.07, 6.45) is 8.61. The van der Waals surface area contributed by atoms with Crippen molar-refractivity contribution >= 4 is 34.5 Å². The van der Waals surface area contributed by atoms with E-state index < -0.39 is 11.8 Å². The molecule has 0 spiro atoms. The topological polar surface area (TPSA) is 58.2 Å². The van der Waals surface area contributed by atoms with Gasteiger partial charge in [-0.25, -0.2) is 0 Å². The van der Waals surface area contributed by atoms with E-state index in [4.69, 9.17) is 0 Å². The monoisotopic (exact) mass is 388 g/mol. The highest BCUT2D eigenvalue weighted by molar-refractivity contribution is 7.21. The fourth-order valence-electron chi connectivity index (χ4n) is 2.99. The van der Waals surface area contributed by atoms with Crippen LogP contribution in [0.3, 0.4) is 0 Å². The number of thiophene rings is 2. The van der Waals surface area contributed by atoms with Gasteiger partial charge in [-0.05, 0) is 62.1 Å². The van der Waals surface area contributed by atoms with E-state index >= 15 is 0 Å². The normalized spacial score (nSPS) is 13.9. The lowest BCUT2D eigenvalue weighted by molar-refractivity contribution is -0.139. The van der Waals surface area contributed by atoms with Gasteiger partial charge in [0.25, 0.3) is 0 Å². The fraction of sp³-hybridized carbons (Fsp3) is 0.400. The molecule has 0 fully saturated rings. The molecule has 2 aromatic rings. The molecule has 3 rings (SSSR count). The van der Waals surface area contributed by atoms with Gasteiger partial charge < -0.3 is 10.6 Å². The second kappa shape index (κ2) is 9.69. The Morgan fingerprint density at radius 1 is 0.962 bits per heavy atom. The molecule has 2 aromatic heterocycles. The molecule has 0 saturated carbocycles. The second-order valence-corrected chi connectivity index (χ2v) is 8.48. The predicted molar refractivity (Wildman–Crippen MR) is 109 cm³/mol. The molecular formula is C20H24N2O2S2. The molecule has 2 N–H and O–H groups in total. The Bertz CT molecular complexity index is 763. The van der Waals surface area contributed by atoms with E-state index in [0.29, 0.717) is 13.1 Å². The highest BCUT2D eigenvalue weighted by atomic mass is 32.1. The average molecular weight is 389 g/mol. The molecular weight excluding hydrogens is 364 g/mol. The van der Waals surface area contributed by atoms with E-state index in [2.05, 4.69) is 40.3 Å². The minimum Gasteiger partial charge on any atom is -0.348 e. The van der Waals surface area contributed by atoms with Gasteiger partial charge in [0.05, 0.1) is 0 Å². The van der Waals surface area contributed by atoms with E-state index in [0.717, 1.165) is 25.7 Å². The van der Waals surface area contributed by atoms with Crippen LogP contribution in [0.5, 0.6) is 0 Å². The Balaban J connectivity index is 1.34. The molecule has 0 bridgehead atoms. The molecule has 2 amide bonds. The average Bonchev–Trinajstić information content (AvgIpc) is 3.34. The third kappa shape index (κ3) is 5.54. The van der Waals surface area contributed by atoms with Crippen LogP contribution in [0.15, 0.2) is 41.3 Å². The zero-order valence-corrected chi connectivity index (χ0v) is 16.4. The van der Waals surface area contributed by atoms with Gasteiger partial charge in [-0.3, -0.25) is 9.59 Å². The van der Waals surface area contributed by atoms with Crippen molar-refractivity contribution in [1.82, 2.24) is 10.6 Å². The third-order valence-corrected chi connectivity index (χ3v) is 6.62. The molecule has 1 aliphatic rings. The number of hydrogen-bond donors (Lipinski definition) is 2. The molecule has 0 saturated heterocycles. The predicted octanol–water partition coefficient (Wildman–Crippen LogP) is 4.14. The van der Waals surface area contributed by atoms with Gasteiger partial charge in [-0.2, -0.15) is 0 Å². The van der Waals surface area contributed by atoms with E-state index in [-0.39, 0.29) is 0 Å². The highest BCUT2D eigenvalue weighted by Crippen LogP contribution is 2.31. The Hall–Kier alpha value is -1.92. The van der Waals surface area contributed by atoms with Gasteiger partial charge in [0, 0.05) is 27.7 Å². The van der Waals surface area contributed by atoms with Crippen LogP contribution in [0.25, 0.3) is 9.75 Å². The summed E-state index contributed by atoms with van der Waals surface area (Å²) in [6, 6.07) is 8.35. The lowest BCUT2D eigenvalue weighted by Crippen LogP contribution is -2.41. The maximum absolute atomic E-state index is 11.9. The van der Waals surface area contributed by atoms with Crippen molar-refractivity contribution in [1.29, 1.82) is 0 Å². The molecule has 6 heteroatoms. The number of carbonyl (C=O) groups excluding carboxylic acids is 2. The molecule has 0 aliphatic heterocycles. The maximum atomic E-state index is 11.9. The third-order valence-electron chi connectivity index (χ3n) is 4.41. The van der Waals surface area contributed by atoms with Crippen molar-refractivity contribution in [3.05, 3.63) is 46.2 Å². The van der Waals surface area contributed by atoms with Crippen LogP contribution in [0.2, 0.25) is 0 Å². The van der Waals surface area contributed by atoms with Gasteiger partial charge in [0.15, 0.2) is 0 Å². The first-order valence-electron chi connectivity index (χ1n) is 9.09. The van der Waals surface area contributed by atoms with E-state index in [1.54, 1.807) is 22.7 Å². The molecule has 4 nitrogen and oxygen atoms in total. The van der Waals surface area contributed by atoms with Gasteiger partial charge >= 0.3 is 11.8 Å². The first-order valence-corrected chi connectivity index (χ1v) is 10.8. The van der Waals surface area contributed by atoms with Crippen molar-refractivity contribution in [2.45, 2.75) is 38.5 Å². The number of nitrogens with one attached hydrogen (secondary N) is 2. The van der Waals surface area contributed by atoms with Crippen LogP contribution in [-0.2, 0) is 16.0 Å². The molecule has 0 unspecified atom stereocenters. The fourth-order valence-corrected chi connectivity index (χ4v) is 4.83. The Morgan fingerprint density at radius 2 is 1.77 bits per heavy atom. The zero-order valence-electron chi connectivity index (χ0n) is 14.8. The highest BCUT2D eigenvalue weighted by Gasteiger charge is 2.13. The summed E-state index contributed by atoms with van der Waals surface area (Å²) in [5.74, 6) is -1.08. The summed E-state index contributed by atoms with van der Waals surface area (Å²) in [6.45, 7) is 1.01. The van der Waals surface area contributed by atoms with Crippen molar-refractivity contribution in [3.8, 4) is 9.75 Å². The molecule has 2 heterocycles. The van der Waals surface area contributed by atoms with Crippen LogP contribution in [0.1, 0.15) is 37.0 Å². The minimum absolute atomic E-state index is 0.474. The Morgan fingerprint density at radius 3 is 2.46 bits per heavy atom. The maximum Gasteiger partial charge on any atom is 0.309 e. The molecule has 0 atom stereocenters. The molecule has 26 heavy (non-hydrogen) atoms. The Labute approximate surface area is 162 Å². The molecule has 0 radical (unpaired) electrons. The quantitative estimate of drug-likeness (QED) is 0.553. The minimum atomic E-state index is -0.544. The summed E-state index contributed by atoms with van der Waals surface area (Å²) in [7, 11) is 0. The molecule has 138 valence electrons. The van der Waals surface area contributed by atoms with Crippen molar-refractivity contribution in [2.75, 3.05) is 13.1 Å². The number of rotatable bonds is 7. The van der Waals surface area contributed by atoms with E-state index in [1.165, 1.54) is 33.0 Å². The molecule has 0 aromatic carbocycles. The number of amides is 2. The van der Waals surface area contributed by atoms with Gasteiger partial charge in [-0.15, -0.1) is 22.7 Å². The van der Waals surface area contributed by atoms with Crippen LogP contribution in [0, 0.1) is 0 Å². The smallest absolute Gasteiger partial charge is 0.309 e. The SMILES string of the molecule is O=C(NCCC1=CCCCC1)C(=O)NCCc1ccc(-c2cccs2)s1. The van der Waals surface area contributed by atoms with Crippen LogP contribution in [0.4, 0.5) is 0 Å². The van der Waals surface area contributed by atoms with Crippen LogP contribution in [-0.4, -0.2) is 24.9 Å². The van der Waals surface area contributed by atoms with E-state index in [1.807, 2.05) is 6.07 Å². The summed E-state index contributed by atoms with van der Waals surface area (Å²) in [5, 5.41) is 7.49. The summed E-state index contributed by atoms with van der Waals surface area (Å²) >= 11 is 3.46. The largest absolute Gasteiger partial charge is 0.348 e. The van der Waals surface area contributed by atoms with Crippen LogP contribution < -0.4 is 10.6 Å².